The predicted octanol–water partition coefficient (Wildman–Crippen LogP) is 3.13. The van der Waals surface area contributed by atoms with Gasteiger partial charge in [0.15, 0.2) is 0 Å². The predicted molar refractivity (Wildman–Crippen MR) is 70.2 cm³/mol. The topological polar surface area (TPSA) is 57.1 Å². The van der Waals surface area contributed by atoms with Gasteiger partial charge in [0.2, 0.25) is 5.28 Å². The molecule has 0 aromatic carbocycles. The molecule has 0 radical (unpaired) electrons. The Kier molecular flexibility index (Phi) is 6.72. The smallest absolute Gasteiger partial charge is 0.323 e. The van der Waals surface area contributed by atoms with Gasteiger partial charge in [0.05, 0.1) is 13.7 Å². The van der Waals surface area contributed by atoms with E-state index in [0.717, 1.165) is 12.8 Å². The molecule has 1 aromatic heterocycles. The van der Waals surface area contributed by atoms with Crippen molar-refractivity contribution >= 4 is 11.6 Å². The molecule has 1 atom stereocenters. The van der Waals surface area contributed by atoms with E-state index in [0.29, 0.717) is 12.5 Å². The van der Waals surface area contributed by atoms with E-state index >= 15 is 0 Å². The summed E-state index contributed by atoms with van der Waals surface area (Å²) in [7, 11) is 1.48. The van der Waals surface area contributed by atoms with Gasteiger partial charge in [-0.1, -0.05) is 33.1 Å². The van der Waals surface area contributed by atoms with Gasteiger partial charge in [-0.3, -0.25) is 0 Å². The monoisotopic (exact) mass is 273 g/mol. The number of nitrogens with zero attached hydrogens (tertiary/aromatic N) is 3. The molecule has 0 fully saturated rings. The molecular formula is C12H20ClN3O2. The minimum Gasteiger partial charge on any atom is -0.467 e. The van der Waals surface area contributed by atoms with Crippen LogP contribution in [-0.2, 0) is 0 Å². The average Bonchev–Trinajstić information content (AvgIpc) is 2.38. The van der Waals surface area contributed by atoms with E-state index < -0.39 is 0 Å². The van der Waals surface area contributed by atoms with Crippen LogP contribution in [0.15, 0.2) is 0 Å². The normalized spacial score (nSPS) is 12.2. The third-order valence-corrected chi connectivity index (χ3v) is 2.91. The molecule has 0 amide bonds. The summed E-state index contributed by atoms with van der Waals surface area (Å²) in [5.41, 5.74) is 0. The highest BCUT2D eigenvalue weighted by atomic mass is 35.5. The van der Waals surface area contributed by atoms with Crippen molar-refractivity contribution in [1.82, 2.24) is 15.0 Å². The molecule has 6 heteroatoms. The second kappa shape index (κ2) is 8.08. The molecule has 1 unspecified atom stereocenters. The Labute approximate surface area is 113 Å². The summed E-state index contributed by atoms with van der Waals surface area (Å²) in [6, 6.07) is 0.397. The molecule has 0 bridgehead atoms. The number of hydrogen-bond donors (Lipinski definition) is 0. The van der Waals surface area contributed by atoms with Crippen molar-refractivity contribution in [2.24, 2.45) is 5.92 Å². The van der Waals surface area contributed by atoms with E-state index in [1.807, 2.05) is 0 Å². The number of rotatable bonds is 8. The lowest BCUT2D eigenvalue weighted by Crippen LogP contribution is -2.13. The molecule has 1 aromatic rings. The largest absolute Gasteiger partial charge is 0.467 e. The van der Waals surface area contributed by atoms with Crippen molar-refractivity contribution in [2.45, 2.75) is 39.5 Å². The zero-order chi connectivity index (χ0) is 13.4. The first-order valence-electron chi connectivity index (χ1n) is 6.27. The van der Waals surface area contributed by atoms with Crippen LogP contribution in [0.4, 0.5) is 0 Å². The van der Waals surface area contributed by atoms with E-state index in [1.54, 1.807) is 0 Å². The summed E-state index contributed by atoms with van der Waals surface area (Å²) >= 11 is 5.74. The first-order valence-corrected chi connectivity index (χ1v) is 6.65. The summed E-state index contributed by atoms with van der Waals surface area (Å²) in [6.07, 6.45) is 4.64. The van der Waals surface area contributed by atoms with Crippen LogP contribution >= 0.6 is 11.6 Å². The zero-order valence-corrected chi connectivity index (χ0v) is 11.9. The first-order chi connectivity index (χ1) is 8.69. The maximum Gasteiger partial charge on any atom is 0.323 e. The Morgan fingerprint density at radius 2 is 1.89 bits per heavy atom. The molecule has 102 valence electrons. The highest BCUT2D eigenvalue weighted by Crippen LogP contribution is 2.16. The molecule has 0 aliphatic heterocycles. The lowest BCUT2D eigenvalue weighted by atomic mass is 10.0. The van der Waals surface area contributed by atoms with Gasteiger partial charge >= 0.3 is 12.0 Å². The fraction of sp³-hybridized carbons (Fsp3) is 0.750. The van der Waals surface area contributed by atoms with Crippen molar-refractivity contribution < 1.29 is 9.47 Å². The van der Waals surface area contributed by atoms with Gasteiger partial charge in [0.25, 0.3) is 0 Å². The maximum atomic E-state index is 5.74. The lowest BCUT2D eigenvalue weighted by molar-refractivity contribution is 0.213. The van der Waals surface area contributed by atoms with E-state index in [2.05, 4.69) is 28.8 Å². The Hall–Kier alpha value is -1.10. The van der Waals surface area contributed by atoms with Gasteiger partial charge in [-0.15, -0.1) is 4.98 Å². The van der Waals surface area contributed by atoms with Gasteiger partial charge in [-0.25, -0.2) is 0 Å². The van der Waals surface area contributed by atoms with E-state index in [1.165, 1.54) is 20.0 Å². The highest BCUT2D eigenvalue weighted by molar-refractivity contribution is 6.28. The molecule has 0 saturated heterocycles. The van der Waals surface area contributed by atoms with Crippen LogP contribution < -0.4 is 9.47 Å². The Morgan fingerprint density at radius 1 is 1.17 bits per heavy atom. The third kappa shape index (κ3) is 5.04. The summed E-state index contributed by atoms with van der Waals surface area (Å²) < 4.78 is 10.5. The Balaban J connectivity index is 2.53. The summed E-state index contributed by atoms with van der Waals surface area (Å²) in [6.45, 7) is 4.94. The zero-order valence-electron chi connectivity index (χ0n) is 11.1. The molecule has 0 N–H and O–H groups in total. The van der Waals surface area contributed by atoms with Crippen molar-refractivity contribution in [3.05, 3.63) is 5.28 Å². The fourth-order valence-corrected chi connectivity index (χ4v) is 1.71. The molecule has 0 saturated carbocycles. The molecule has 1 rings (SSSR count). The quantitative estimate of drug-likeness (QED) is 0.728. The fourth-order valence-electron chi connectivity index (χ4n) is 1.56. The van der Waals surface area contributed by atoms with Crippen LogP contribution in [0, 0.1) is 5.92 Å². The van der Waals surface area contributed by atoms with Crippen LogP contribution in [0.25, 0.3) is 0 Å². The lowest BCUT2D eigenvalue weighted by Gasteiger charge is -2.14. The van der Waals surface area contributed by atoms with Crippen LogP contribution in [0.5, 0.6) is 12.0 Å². The van der Waals surface area contributed by atoms with Crippen molar-refractivity contribution in [1.29, 1.82) is 0 Å². The third-order valence-electron chi connectivity index (χ3n) is 2.74. The molecule has 18 heavy (non-hydrogen) atoms. The summed E-state index contributed by atoms with van der Waals surface area (Å²) in [5.74, 6) is 0.520. The van der Waals surface area contributed by atoms with Crippen LogP contribution in [0.2, 0.25) is 5.28 Å². The Morgan fingerprint density at radius 3 is 2.50 bits per heavy atom. The van der Waals surface area contributed by atoms with Crippen molar-refractivity contribution in [2.75, 3.05) is 13.7 Å². The van der Waals surface area contributed by atoms with Gasteiger partial charge in [-0.05, 0) is 23.9 Å². The van der Waals surface area contributed by atoms with Crippen LogP contribution in [-0.4, -0.2) is 28.7 Å². The summed E-state index contributed by atoms with van der Waals surface area (Å²) in [4.78, 5) is 11.7. The average molecular weight is 274 g/mol. The van der Waals surface area contributed by atoms with Crippen molar-refractivity contribution in [3.63, 3.8) is 0 Å². The van der Waals surface area contributed by atoms with E-state index in [-0.39, 0.29) is 17.3 Å². The molecular weight excluding hydrogens is 254 g/mol. The SMILES string of the molecule is CCCCC(CC)COc1nc(Cl)nc(OC)n1. The Bertz CT molecular complexity index is 363. The summed E-state index contributed by atoms with van der Waals surface area (Å²) in [5, 5.41) is 0.0819. The first kappa shape index (κ1) is 15.0. The van der Waals surface area contributed by atoms with Crippen LogP contribution in [0.1, 0.15) is 39.5 Å². The van der Waals surface area contributed by atoms with E-state index in [9.17, 15) is 0 Å². The molecule has 0 spiro atoms. The molecule has 0 aliphatic rings. The molecule has 0 aliphatic carbocycles. The van der Waals surface area contributed by atoms with Gasteiger partial charge in [-0.2, -0.15) is 9.97 Å². The van der Waals surface area contributed by atoms with Gasteiger partial charge in [0, 0.05) is 0 Å². The highest BCUT2D eigenvalue weighted by Gasteiger charge is 2.10. The number of halogens is 1. The second-order valence-corrected chi connectivity index (χ2v) is 4.44. The number of unbranched alkanes of at least 4 members (excludes halogenated alkanes) is 1. The molecule has 5 nitrogen and oxygen atoms in total. The minimum absolute atomic E-state index is 0.0819. The van der Waals surface area contributed by atoms with Crippen molar-refractivity contribution in [3.8, 4) is 12.0 Å². The number of hydrogen-bond acceptors (Lipinski definition) is 5. The minimum atomic E-state index is 0.0819. The number of ether oxygens (including phenoxy) is 2. The second-order valence-electron chi connectivity index (χ2n) is 4.10. The van der Waals surface area contributed by atoms with E-state index in [4.69, 9.17) is 21.1 Å². The van der Waals surface area contributed by atoms with Gasteiger partial charge in [0.1, 0.15) is 0 Å². The van der Waals surface area contributed by atoms with Crippen LogP contribution in [0.3, 0.4) is 0 Å². The number of methoxy groups -OCH3 is 1. The standard InChI is InChI=1S/C12H20ClN3O2/c1-4-6-7-9(5-2)8-18-12-15-10(13)14-11(16-12)17-3/h9H,4-8H2,1-3H3. The number of aromatic nitrogens is 3. The maximum absolute atomic E-state index is 5.74. The molecule has 1 heterocycles. The van der Waals surface area contributed by atoms with Gasteiger partial charge < -0.3 is 9.47 Å².